The van der Waals surface area contributed by atoms with Gasteiger partial charge in [0.1, 0.15) is 12.4 Å². The van der Waals surface area contributed by atoms with Gasteiger partial charge in [-0.1, -0.05) is 48.0 Å². The van der Waals surface area contributed by atoms with Gasteiger partial charge in [-0.2, -0.15) is 0 Å². The topological polar surface area (TPSA) is 41.6 Å². The molecule has 25 heavy (non-hydrogen) atoms. The first-order valence-corrected chi connectivity index (χ1v) is 8.81. The maximum Gasteiger partial charge on any atom is 0.221 e. The molecule has 0 saturated heterocycles. The van der Waals surface area contributed by atoms with Gasteiger partial charge < -0.3 is 15.0 Å². The third-order valence-electron chi connectivity index (χ3n) is 3.98. The normalized spacial score (nSPS) is 10.7. The molecule has 0 atom stereocenters. The lowest BCUT2D eigenvalue weighted by atomic mass is 10.2. The summed E-state index contributed by atoms with van der Waals surface area (Å²) < 4.78 is 5.78. The third kappa shape index (κ3) is 6.77. The molecule has 0 aliphatic heterocycles. The molecule has 0 unspecified atom stereocenters. The molecular formula is C20H25ClN2O2. The highest BCUT2D eigenvalue weighted by atomic mass is 35.5. The van der Waals surface area contributed by atoms with E-state index < -0.39 is 0 Å². The third-order valence-corrected chi connectivity index (χ3v) is 4.35. The number of nitrogens with one attached hydrogen (secondary N) is 1. The molecule has 0 fully saturated rings. The summed E-state index contributed by atoms with van der Waals surface area (Å²) in [6.07, 6.45) is 0.450. The van der Waals surface area contributed by atoms with Gasteiger partial charge in [-0.3, -0.25) is 4.79 Å². The molecule has 0 saturated carbocycles. The number of para-hydroxylation sites is 1. The molecule has 1 N–H and O–H groups in total. The summed E-state index contributed by atoms with van der Waals surface area (Å²) in [7, 11) is 1.99. The zero-order valence-corrected chi connectivity index (χ0v) is 15.6. The Morgan fingerprint density at radius 3 is 2.60 bits per heavy atom. The molecule has 0 aliphatic rings. The maximum absolute atomic E-state index is 12.0. The summed E-state index contributed by atoms with van der Waals surface area (Å²) >= 11 is 6.08. The number of benzene rings is 2. The van der Waals surface area contributed by atoms with Crippen molar-refractivity contribution in [3.05, 3.63) is 64.7 Å². The van der Waals surface area contributed by atoms with Crippen molar-refractivity contribution in [3.63, 3.8) is 0 Å². The quantitative estimate of drug-likeness (QED) is 0.742. The van der Waals surface area contributed by atoms with Crippen LogP contribution in [0.5, 0.6) is 5.75 Å². The number of rotatable bonds is 9. The van der Waals surface area contributed by atoms with Gasteiger partial charge in [0.25, 0.3) is 0 Å². The van der Waals surface area contributed by atoms with Gasteiger partial charge in [0, 0.05) is 31.1 Å². The van der Waals surface area contributed by atoms with Gasteiger partial charge in [-0.25, -0.2) is 0 Å². The fraction of sp³-hybridized carbons (Fsp3) is 0.350. The van der Waals surface area contributed by atoms with Crippen LogP contribution >= 0.6 is 11.6 Å². The van der Waals surface area contributed by atoms with Crippen LogP contribution in [0.3, 0.4) is 0 Å². The van der Waals surface area contributed by atoms with E-state index in [1.807, 2.05) is 62.5 Å². The van der Waals surface area contributed by atoms with Crippen LogP contribution in [0.4, 0.5) is 0 Å². The van der Waals surface area contributed by atoms with Crippen LogP contribution in [0.15, 0.2) is 48.5 Å². The Morgan fingerprint density at radius 2 is 1.84 bits per heavy atom. The summed E-state index contributed by atoms with van der Waals surface area (Å²) in [6, 6.07) is 15.5. The van der Waals surface area contributed by atoms with Crippen molar-refractivity contribution in [2.75, 3.05) is 26.7 Å². The predicted octanol–water partition coefficient (Wildman–Crippen LogP) is 3.67. The first-order chi connectivity index (χ1) is 12.1. The second-order valence-corrected chi connectivity index (χ2v) is 6.44. The zero-order valence-electron chi connectivity index (χ0n) is 14.8. The van der Waals surface area contributed by atoms with Crippen LogP contribution in [0.25, 0.3) is 0 Å². The first-order valence-electron chi connectivity index (χ1n) is 8.43. The lowest BCUT2D eigenvalue weighted by Crippen LogP contribution is -2.30. The van der Waals surface area contributed by atoms with E-state index in [4.69, 9.17) is 16.3 Å². The molecule has 0 radical (unpaired) electrons. The van der Waals surface area contributed by atoms with Crippen molar-refractivity contribution in [3.8, 4) is 5.75 Å². The number of likely N-dealkylation sites (N-methyl/N-ethyl adjacent to an activating group) is 1. The van der Waals surface area contributed by atoms with Crippen molar-refractivity contribution in [2.45, 2.75) is 19.9 Å². The highest BCUT2D eigenvalue weighted by Crippen LogP contribution is 2.16. The van der Waals surface area contributed by atoms with E-state index in [0.29, 0.717) is 31.1 Å². The zero-order chi connectivity index (χ0) is 18.1. The van der Waals surface area contributed by atoms with Gasteiger partial charge >= 0.3 is 0 Å². The summed E-state index contributed by atoms with van der Waals surface area (Å²) in [6.45, 7) is 4.54. The number of carbonyl (C=O) groups is 1. The van der Waals surface area contributed by atoms with Gasteiger partial charge in [-0.15, -0.1) is 0 Å². The van der Waals surface area contributed by atoms with E-state index >= 15 is 0 Å². The highest BCUT2D eigenvalue weighted by molar-refractivity contribution is 6.31. The van der Waals surface area contributed by atoms with Crippen LogP contribution in [0, 0.1) is 6.92 Å². The van der Waals surface area contributed by atoms with E-state index in [2.05, 4.69) is 10.2 Å². The van der Waals surface area contributed by atoms with E-state index in [9.17, 15) is 4.79 Å². The van der Waals surface area contributed by atoms with Crippen molar-refractivity contribution >= 4 is 17.5 Å². The van der Waals surface area contributed by atoms with E-state index in [1.54, 1.807) is 0 Å². The van der Waals surface area contributed by atoms with Crippen LogP contribution in [-0.4, -0.2) is 37.6 Å². The maximum atomic E-state index is 12.0. The van der Waals surface area contributed by atoms with Gasteiger partial charge in [0.05, 0.1) is 0 Å². The molecule has 2 aromatic carbocycles. The Labute approximate surface area is 154 Å². The number of hydrogen-bond donors (Lipinski definition) is 1. The molecular weight excluding hydrogens is 336 g/mol. The number of ether oxygens (including phenoxy) is 1. The van der Waals surface area contributed by atoms with Crippen LogP contribution in [0.1, 0.15) is 17.5 Å². The molecule has 4 nitrogen and oxygen atoms in total. The van der Waals surface area contributed by atoms with Crippen molar-refractivity contribution < 1.29 is 9.53 Å². The van der Waals surface area contributed by atoms with E-state index in [1.165, 1.54) is 0 Å². The summed E-state index contributed by atoms with van der Waals surface area (Å²) in [5, 5.41) is 3.58. The number of nitrogens with zero attached hydrogens (tertiary/aromatic N) is 1. The standard InChI is InChI=1S/C20H25ClN2O2/c1-16-7-3-6-10-19(16)25-14-13-23(2)12-11-20(24)22-15-17-8-4-5-9-18(17)21/h3-10H,11-15H2,1-2H3,(H,22,24). The number of carbonyl (C=O) groups excluding carboxylic acids is 1. The molecule has 1 amide bonds. The Bertz CT molecular complexity index is 691. The molecule has 0 heterocycles. The Hall–Kier alpha value is -2.04. The summed E-state index contributed by atoms with van der Waals surface area (Å²) in [5.41, 5.74) is 2.06. The molecule has 0 aromatic heterocycles. The molecule has 134 valence electrons. The van der Waals surface area contributed by atoms with Crippen molar-refractivity contribution in [2.24, 2.45) is 0 Å². The van der Waals surface area contributed by atoms with Crippen molar-refractivity contribution in [1.29, 1.82) is 0 Å². The Morgan fingerprint density at radius 1 is 1.12 bits per heavy atom. The molecule has 2 rings (SSSR count). The minimum absolute atomic E-state index is 0.0200. The lowest BCUT2D eigenvalue weighted by Gasteiger charge is -2.17. The fourth-order valence-corrected chi connectivity index (χ4v) is 2.56. The lowest BCUT2D eigenvalue weighted by molar-refractivity contribution is -0.121. The van der Waals surface area contributed by atoms with Crippen LogP contribution in [0.2, 0.25) is 5.02 Å². The van der Waals surface area contributed by atoms with E-state index in [-0.39, 0.29) is 5.91 Å². The molecule has 0 bridgehead atoms. The minimum Gasteiger partial charge on any atom is -0.492 e. The number of amides is 1. The number of hydrogen-bond acceptors (Lipinski definition) is 3. The van der Waals surface area contributed by atoms with E-state index in [0.717, 1.165) is 23.4 Å². The number of aryl methyl sites for hydroxylation is 1. The predicted molar refractivity (Wildman–Crippen MR) is 102 cm³/mol. The average Bonchev–Trinajstić information content (AvgIpc) is 2.61. The Balaban J connectivity index is 1.62. The van der Waals surface area contributed by atoms with Crippen molar-refractivity contribution in [1.82, 2.24) is 10.2 Å². The molecule has 5 heteroatoms. The first kappa shape index (κ1) is 19.3. The highest BCUT2D eigenvalue weighted by Gasteiger charge is 2.06. The second kappa shape index (κ2) is 10.1. The molecule has 2 aromatic rings. The monoisotopic (exact) mass is 360 g/mol. The minimum atomic E-state index is 0.0200. The van der Waals surface area contributed by atoms with Crippen LogP contribution in [-0.2, 0) is 11.3 Å². The largest absolute Gasteiger partial charge is 0.492 e. The van der Waals surface area contributed by atoms with Crippen LogP contribution < -0.4 is 10.1 Å². The smallest absolute Gasteiger partial charge is 0.221 e. The summed E-state index contributed by atoms with van der Waals surface area (Å²) in [4.78, 5) is 14.1. The average molecular weight is 361 g/mol. The van der Waals surface area contributed by atoms with Gasteiger partial charge in [0.15, 0.2) is 0 Å². The fourth-order valence-electron chi connectivity index (χ4n) is 2.36. The molecule has 0 aliphatic carbocycles. The second-order valence-electron chi connectivity index (χ2n) is 6.04. The van der Waals surface area contributed by atoms with Gasteiger partial charge in [0.2, 0.25) is 5.91 Å². The SMILES string of the molecule is Cc1ccccc1OCCN(C)CCC(=O)NCc1ccccc1Cl. The Kier molecular flexibility index (Phi) is 7.76. The number of halogens is 1. The van der Waals surface area contributed by atoms with Gasteiger partial charge in [-0.05, 0) is 37.2 Å². The summed E-state index contributed by atoms with van der Waals surface area (Å²) in [5.74, 6) is 0.931. The molecule has 0 spiro atoms.